The first kappa shape index (κ1) is 73.2. The molecule has 0 aliphatic heterocycles. The molecule has 16 nitrogen and oxygen atoms in total. The molecular weight excluding hydrogens is 1510 g/mol. The van der Waals surface area contributed by atoms with Crippen LogP contribution in [0.4, 0.5) is 37.7 Å². The van der Waals surface area contributed by atoms with E-state index in [1.165, 1.54) is 87.5 Å². The van der Waals surface area contributed by atoms with Crippen molar-refractivity contribution >= 4 is 176 Å². The molecule has 2 aromatic heterocycles. The Labute approximate surface area is 557 Å². The van der Waals surface area contributed by atoms with Crippen LogP contribution in [0.3, 0.4) is 0 Å². The van der Waals surface area contributed by atoms with E-state index in [1.807, 2.05) is 0 Å². The molecule has 0 aliphatic rings. The Balaban J connectivity index is 0.000000212. The molecule has 0 saturated carbocycles. The van der Waals surface area contributed by atoms with Gasteiger partial charge >= 0.3 is 6.36 Å². The molecular formula is C57H46Br2Cl6F6N6O10S3. The summed E-state index contributed by atoms with van der Waals surface area (Å²) in [4.78, 5) is 35.7. The molecule has 9 rings (SSSR count). The number of hydrogen-bond acceptors (Lipinski definition) is 12. The number of benzene rings is 7. The van der Waals surface area contributed by atoms with Crippen molar-refractivity contribution in [1.29, 1.82) is 0 Å². The Morgan fingerprint density at radius 3 is 1.44 bits per heavy atom. The van der Waals surface area contributed by atoms with Crippen LogP contribution in [0.2, 0.25) is 30.1 Å². The lowest BCUT2D eigenvalue weighted by atomic mass is 10.0. The number of sulfone groups is 3. The van der Waals surface area contributed by atoms with Crippen LogP contribution in [0.25, 0.3) is 33.2 Å². The molecule has 0 aliphatic carbocycles. The largest absolute Gasteiger partial charge is 0.573 e. The number of aromatic amines is 2. The molecule has 0 spiro atoms. The van der Waals surface area contributed by atoms with Crippen LogP contribution in [-0.2, 0) is 58.4 Å². The van der Waals surface area contributed by atoms with E-state index in [0.717, 1.165) is 31.2 Å². The number of halogens is 14. The second-order valence-corrected chi connectivity index (χ2v) is 29.5. The van der Waals surface area contributed by atoms with Gasteiger partial charge in [0.05, 0.1) is 99.9 Å². The van der Waals surface area contributed by atoms with E-state index >= 15 is 0 Å². The highest BCUT2D eigenvalue weighted by molar-refractivity contribution is 9.11. The van der Waals surface area contributed by atoms with E-state index < -0.39 is 71.0 Å². The summed E-state index contributed by atoms with van der Waals surface area (Å²) in [6.07, 6.45) is -5.11. The number of carbonyl (C=O) groups excluding carboxylic acids is 1. The standard InChI is InChI=1S/C23H16Cl2F4N2O3S.C16H14BrCl2FN2O3S.C16H12BrCl2FN2O2S.C2H4O2/c1-2-35(32,33)13-8-7-12(16(26)10-13)9-19-30-17-11-15(24)20(21(25)22(17)31-19)14-5-3-4-6-18(14)34-23(27,28)29;1-2-26(24,25)9-4-3-8(11(20)6-9)5-13(23)22-16-12(21)7-10(18)14(17)15(16)19;1-2-25(23,24)9-4-3-8(11(20)6-9)5-13-21-12-7-10(18)14(17)15(19)16(12)22-13;1-2(3)4/h3-8,10-11H,2,9H2,1H3,(H,30,31);3-4,6-7H,2,5,21H2,1H3,(H,22,23);3-4,6-7H,2,5H2,1H3,(H,21,22);1H3,(H,3,4). The van der Waals surface area contributed by atoms with Crippen LogP contribution in [0, 0.1) is 17.5 Å². The van der Waals surface area contributed by atoms with Crippen molar-refractivity contribution in [1.82, 2.24) is 19.9 Å². The Bertz CT molecular complexity index is 4600. The number of carboxylic acid groups (broad SMARTS) is 1. The first-order chi connectivity index (χ1) is 41.9. The number of fused-ring (bicyclic) bond motifs is 2. The summed E-state index contributed by atoms with van der Waals surface area (Å²) in [5.41, 5.74) is 8.55. The van der Waals surface area contributed by atoms with Gasteiger partial charge in [0.25, 0.3) is 5.97 Å². The number of para-hydroxylation sites is 1. The number of aromatic nitrogens is 4. The van der Waals surface area contributed by atoms with E-state index in [2.05, 4.69) is 61.8 Å². The zero-order chi connectivity index (χ0) is 67.1. The van der Waals surface area contributed by atoms with Crippen LogP contribution in [-0.4, -0.2) is 85.8 Å². The Morgan fingerprint density at radius 1 is 0.611 bits per heavy atom. The quantitative estimate of drug-likeness (QED) is 0.0364. The fourth-order valence-corrected chi connectivity index (χ4v) is 13.1. The molecule has 0 fully saturated rings. The number of amides is 1. The van der Waals surface area contributed by atoms with Crippen molar-refractivity contribution < 1.29 is 71.0 Å². The maximum atomic E-state index is 14.6. The lowest BCUT2D eigenvalue weighted by Gasteiger charge is -2.15. The Kier molecular flexibility index (Phi) is 24.6. The molecule has 9 aromatic rings. The second kappa shape index (κ2) is 30.3. The van der Waals surface area contributed by atoms with E-state index in [9.17, 15) is 56.4 Å². The van der Waals surface area contributed by atoms with E-state index in [-0.39, 0.29) is 110 Å². The van der Waals surface area contributed by atoms with Crippen LogP contribution >= 0.6 is 101 Å². The van der Waals surface area contributed by atoms with E-state index in [1.54, 1.807) is 6.07 Å². The molecule has 6 N–H and O–H groups in total. The highest BCUT2D eigenvalue weighted by atomic mass is 79.9. The number of rotatable bonds is 15. The second-order valence-electron chi connectivity index (χ2n) is 18.8. The lowest BCUT2D eigenvalue weighted by Crippen LogP contribution is -2.17. The molecule has 0 atom stereocenters. The topological polar surface area (TPSA) is 261 Å². The number of nitrogen functional groups attached to an aromatic ring is 1. The van der Waals surface area contributed by atoms with Crippen molar-refractivity contribution in [3.63, 3.8) is 0 Å². The van der Waals surface area contributed by atoms with Gasteiger partial charge in [0.15, 0.2) is 29.5 Å². The normalized spacial score (nSPS) is 11.7. The molecule has 0 unspecified atom stereocenters. The van der Waals surface area contributed by atoms with Crippen LogP contribution in [0.15, 0.2) is 121 Å². The molecule has 2 heterocycles. The number of nitrogens with two attached hydrogens (primary N) is 1. The van der Waals surface area contributed by atoms with Crippen LogP contribution in [0.5, 0.6) is 5.75 Å². The molecule has 33 heteroatoms. The number of ether oxygens (including phenoxy) is 1. The maximum Gasteiger partial charge on any atom is 0.573 e. The number of hydrogen-bond donors (Lipinski definition) is 5. The summed E-state index contributed by atoms with van der Waals surface area (Å²) in [7, 11) is -10.5. The third-order valence-corrected chi connectivity index (χ3v) is 22.3. The minimum absolute atomic E-state index is 0.0157. The predicted octanol–water partition coefficient (Wildman–Crippen LogP) is 16.7. The highest BCUT2D eigenvalue weighted by Crippen LogP contribution is 2.45. The van der Waals surface area contributed by atoms with Crippen LogP contribution < -0.4 is 15.8 Å². The summed E-state index contributed by atoms with van der Waals surface area (Å²) < 4.78 is 158. The van der Waals surface area contributed by atoms with Gasteiger partial charge in [-0.15, -0.1) is 13.2 Å². The molecule has 0 radical (unpaired) electrons. The first-order valence-electron chi connectivity index (χ1n) is 25.6. The first-order valence-corrected chi connectivity index (χ1v) is 34.4. The molecule has 480 valence electrons. The zero-order valence-corrected chi connectivity index (χ0v) is 56.7. The number of imidazole rings is 2. The number of alkyl halides is 3. The van der Waals surface area contributed by atoms with E-state index in [0.29, 0.717) is 52.8 Å². The van der Waals surface area contributed by atoms with Gasteiger partial charge < -0.3 is 30.9 Å². The third-order valence-electron chi connectivity index (χ3n) is 12.6. The zero-order valence-electron chi connectivity index (χ0n) is 46.6. The van der Waals surface area contributed by atoms with Gasteiger partial charge in [-0.1, -0.05) is 127 Å². The lowest BCUT2D eigenvalue weighted by molar-refractivity contribution is -0.274. The molecule has 7 aromatic carbocycles. The van der Waals surface area contributed by atoms with Crippen molar-refractivity contribution in [3.05, 3.63) is 182 Å². The maximum absolute atomic E-state index is 14.6. The highest BCUT2D eigenvalue weighted by Gasteiger charge is 2.33. The van der Waals surface area contributed by atoms with Gasteiger partial charge in [-0.3, -0.25) is 9.59 Å². The summed E-state index contributed by atoms with van der Waals surface area (Å²) in [6, 6.07) is 20.9. The average molecular weight is 1560 g/mol. The van der Waals surface area contributed by atoms with E-state index in [4.69, 9.17) is 85.2 Å². The number of carboxylic acids is 1. The number of anilines is 2. The number of H-pyrrole nitrogens is 2. The number of nitrogens with zero attached hydrogens (tertiary/aromatic N) is 2. The van der Waals surface area contributed by atoms with Gasteiger partial charge in [-0.25, -0.2) is 48.4 Å². The van der Waals surface area contributed by atoms with Crippen molar-refractivity contribution in [3.8, 4) is 16.9 Å². The summed E-state index contributed by atoms with van der Waals surface area (Å²) >= 11 is 43.6. The monoisotopic (exact) mass is 1550 g/mol. The molecule has 90 heavy (non-hydrogen) atoms. The van der Waals surface area contributed by atoms with Gasteiger partial charge in [0.2, 0.25) is 5.91 Å². The molecule has 0 saturated heterocycles. The summed E-state index contributed by atoms with van der Waals surface area (Å²) in [5, 5.41) is 11.2. The summed E-state index contributed by atoms with van der Waals surface area (Å²) in [6.45, 7) is 5.53. The van der Waals surface area contributed by atoms with Crippen molar-refractivity contribution in [2.24, 2.45) is 0 Å². The van der Waals surface area contributed by atoms with Gasteiger partial charge in [-0.2, -0.15) is 0 Å². The minimum atomic E-state index is -4.92. The van der Waals surface area contributed by atoms with Gasteiger partial charge in [0, 0.05) is 30.9 Å². The Morgan fingerprint density at radius 2 is 1.01 bits per heavy atom. The fourth-order valence-electron chi connectivity index (χ4n) is 8.09. The summed E-state index contributed by atoms with van der Waals surface area (Å²) in [5.74, 6) is -3.58. The predicted molar refractivity (Wildman–Crippen MR) is 344 cm³/mol. The number of nitrogens with one attached hydrogen (secondary N) is 3. The molecule has 1 amide bonds. The van der Waals surface area contributed by atoms with Crippen molar-refractivity contribution in [2.45, 2.75) is 68.0 Å². The Hall–Kier alpha value is -5.85. The third kappa shape index (κ3) is 18.3. The van der Waals surface area contributed by atoms with Crippen LogP contribution in [0.1, 0.15) is 56.0 Å². The molecule has 0 bridgehead atoms. The smallest absolute Gasteiger partial charge is 0.481 e. The minimum Gasteiger partial charge on any atom is -0.481 e. The SMILES string of the molecule is CC(=O)O.CCS(=O)(=O)c1ccc(CC(=O)Nc2c(N)cc(Cl)c(Br)c2Cl)c(F)c1.CCS(=O)(=O)c1ccc(Cc2nc3c(Cl)c(-c4ccccc4OC(F)(F)F)c(Cl)cc3[nH]2)c(F)c1.CCS(=O)(=O)c1ccc(Cc2nc3c(Cl)c(Br)c(Cl)cc3[nH]2)c(F)c1. The number of carbonyl (C=O) groups is 2. The average Bonchev–Trinajstić information content (AvgIpc) is 1.53. The van der Waals surface area contributed by atoms with Gasteiger partial charge in [-0.05, 0) is 109 Å². The fraction of sp³-hybridized carbons (Fsp3) is 0.193. The van der Waals surface area contributed by atoms with Gasteiger partial charge in [0.1, 0.15) is 45.9 Å². The number of aliphatic carboxylic acids is 1. The van der Waals surface area contributed by atoms with Crippen molar-refractivity contribution in [2.75, 3.05) is 28.3 Å².